The summed E-state index contributed by atoms with van der Waals surface area (Å²) in [5.74, 6) is -0.578. The molecule has 1 aliphatic heterocycles. The number of anilines is 1. The highest BCUT2D eigenvalue weighted by Crippen LogP contribution is 2.27. The number of hydrogen-bond donors (Lipinski definition) is 2. The second kappa shape index (κ2) is 8.97. The van der Waals surface area contributed by atoms with Gasteiger partial charge in [0.15, 0.2) is 0 Å². The number of nitrogens with one attached hydrogen (secondary N) is 2. The largest absolute Gasteiger partial charge is 0.355 e. The Morgan fingerprint density at radius 3 is 2.20 bits per heavy atom. The predicted molar refractivity (Wildman–Crippen MR) is 116 cm³/mol. The van der Waals surface area contributed by atoms with E-state index < -0.39 is 10.0 Å². The van der Waals surface area contributed by atoms with Crippen molar-refractivity contribution in [3.8, 4) is 0 Å². The van der Waals surface area contributed by atoms with E-state index in [0.717, 1.165) is 11.1 Å². The number of piperidine rings is 1. The molecule has 0 radical (unpaired) electrons. The van der Waals surface area contributed by atoms with Crippen LogP contribution in [0, 0.1) is 19.8 Å². The smallest absolute Gasteiger partial charge is 0.251 e. The van der Waals surface area contributed by atoms with Crippen molar-refractivity contribution in [3.63, 3.8) is 0 Å². The van der Waals surface area contributed by atoms with E-state index >= 15 is 0 Å². The van der Waals surface area contributed by atoms with Gasteiger partial charge < -0.3 is 10.6 Å². The lowest BCUT2D eigenvalue weighted by Gasteiger charge is -2.31. The van der Waals surface area contributed by atoms with E-state index in [1.807, 2.05) is 13.0 Å². The van der Waals surface area contributed by atoms with Gasteiger partial charge in [0.05, 0.1) is 4.90 Å². The summed E-state index contributed by atoms with van der Waals surface area (Å²) in [6, 6.07) is 12.0. The molecule has 8 heteroatoms. The minimum absolute atomic E-state index is 0.133. The highest BCUT2D eigenvalue weighted by Gasteiger charge is 2.32. The zero-order valence-corrected chi connectivity index (χ0v) is 18.3. The van der Waals surface area contributed by atoms with Gasteiger partial charge in [-0.2, -0.15) is 4.31 Å². The summed E-state index contributed by atoms with van der Waals surface area (Å²) in [7, 11) is -2.01. The lowest BCUT2D eigenvalue weighted by atomic mass is 9.97. The standard InChI is InChI=1S/C22H27N3O4S/c1-15-4-9-20(16(2)14-15)30(28,29)25-12-10-18(11-13-25)22(27)24-19-7-5-17(6-8-19)21(26)23-3/h4-9,14,18H,10-13H2,1-3H3,(H,23,26)(H,24,27). The summed E-state index contributed by atoms with van der Waals surface area (Å²) in [5, 5.41) is 5.41. The first-order chi connectivity index (χ1) is 14.2. The van der Waals surface area contributed by atoms with E-state index in [-0.39, 0.29) is 17.7 Å². The third-order valence-corrected chi connectivity index (χ3v) is 7.47. The number of carbonyl (C=O) groups excluding carboxylic acids is 2. The van der Waals surface area contributed by atoms with Gasteiger partial charge in [-0.3, -0.25) is 9.59 Å². The van der Waals surface area contributed by atoms with Gasteiger partial charge in [0.2, 0.25) is 15.9 Å². The highest BCUT2D eigenvalue weighted by atomic mass is 32.2. The zero-order valence-electron chi connectivity index (χ0n) is 17.4. The van der Waals surface area contributed by atoms with Gasteiger partial charge in [0.25, 0.3) is 5.91 Å². The molecule has 0 spiro atoms. The number of rotatable bonds is 5. The van der Waals surface area contributed by atoms with Crippen LogP contribution in [0.3, 0.4) is 0 Å². The first kappa shape index (κ1) is 22.0. The van der Waals surface area contributed by atoms with Crippen LogP contribution in [-0.4, -0.2) is 44.7 Å². The maximum Gasteiger partial charge on any atom is 0.251 e. The summed E-state index contributed by atoms with van der Waals surface area (Å²) < 4.78 is 27.4. The number of carbonyl (C=O) groups is 2. The molecule has 1 saturated heterocycles. The van der Waals surface area contributed by atoms with Gasteiger partial charge in [0.1, 0.15) is 0 Å². The van der Waals surface area contributed by atoms with E-state index in [4.69, 9.17) is 0 Å². The van der Waals surface area contributed by atoms with E-state index in [0.29, 0.717) is 42.1 Å². The number of benzene rings is 2. The van der Waals surface area contributed by atoms with Crippen molar-refractivity contribution in [1.29, 1.82) is 0 Å². The normalized spacial score (nSPS) is 15.6. The summed E-state index contributed by atoms with van der Waals surface area (Å²) >= 11 is 0. The summed E-state index contributed by atoms with van der Waals surface area (Å²) in [6.07, 6.45) is 0.929. The van der Waals surface area contributed by atoms with E-state index in [1.54, 1.807) is 50.4 Å². The van der Waals surface area contributed by atoms with Crippen LogP contribution in [0.2, 0.25) is 0 Å². The van der Waals surface area contributed by atoms with Gasteiger partial charge in [-0.05, 0) is 62.6 Å². The van der Waals surface area contributed by atoms with Gasteiger partial charge in [-0.15, -0.1) is 0 Å². The summed E-state index contributed by atoms with van der Waals surface area (Å²) in [5.41, 5.74) is 2.87. The third kappa shape index (κ3) is 4.71. The number of sulfonamides is 1. The van der Waals surface area contributed by atoms with Crippen LogP contribution in [0.1, 0.15) is 34.3 Å². The van der Waals surface area contributed by atoms with Crippen molar-refractivity contribution in [2.45, 2.75) is 31.6 Å². The molecule has 0 atom stereocenters. The Kier molecular flexibility index (Phi) is 6.58. The van der Waals surface area contributed by atoms with Crippen LogP contribution < -0.4 is 10.6 Å². The Hall–Kier alpha value is -2.71. The molecule has 0 aliphatic carbocycles. The lowest BCUT2D eigenvalue weighted by molar-refractivity contribution is -0.120. The molecule has 2 aromatic carbocycles. The molecule has 0 unspecified atom stereocenters. The molecule has 1 fully saturated rings. The van der Waals surface area contributed by atoms with Crippen LogP contribution in [0.4, 0.5) is 5.69 Å². The number of hydrogen-bond acceptors (Lipinski definition) is 4. The number of nitrogens with zero attached hydrogens (tertiary/aromatic N) is 1. The first-order valence-electron chi connectivity index (χ1n) is 9.93. The Balaban J connectivity index is 1.60. The predicted octanol–water partition coefficient (Wildman–Crippen LogP) is 2.70. The second-order valence-electron chi connectivity index (χ2n) is 7.59. The molecule has 3 rings (SSSR count). The van der Waals surface area contributed by atoms with Crippen molar-refractivity contribution in [1.82, 2.24) is 9.62 Å². The molecule has 0 bridgehead atoms. The van der Waals surface area contributed by atoms with Gasteiger partial charge >= 0.3 is 0 Å². The zero-order chi connectivity index (χ0) is 21.9. The molecule has 7 nitrogen and oxygen atoms in total. The molecule has 0 aromatic heterocycles. The molecule has 1 aliphatic rings. The Labute approximate surface area is 177 Å². The average Bonchev–Trinajstić information content (AvgIpc) is 2.73. The second-order valence-corrected chi connectivity index (χ2v) is 9.50. The Bertz CT molecular complexity index is 1040. The fourth-order valence-corrected chi connectivity index (χ4v) is 5.36. The molecule has 2 amide bonds. The van der Waals surface area contributed by atoms with E-state index in [2.05, 4.69) is 10.6 Å². The van der Waals surface area contributed by atoms with E-state index in [1.165, 1.54) is 4.31 Å². The van der Waals surface area contributed by atoms with Gasteiger partial charge in [-0.1, -0.05) is 17.7 Å². The molecule has 2 N–H and O–H groups in total. The van der Waals surface area contributed by atoms with Crippen molar-refractivity contribution in [2.24, 2.45) is 5.92 Å². The highest BCUT2D eigenvalue weighted by molar-refractivity contribution is 7.89. The minimum atomic E-state index is -3.57. The number of amides is 2. The molecular formula is C22H27N3O4S. The minimum Gasteiger partial charge on any atom is -0.355 e. The van der Waals surface area contributed by atoms with Crippen molar-refractivity contribution >= 4 is 27.5 Å². The molecule has 160 valence electrons. The van der Waals surface area contributed by atoms with Crippen LogP contribution in [-0.2, 0) is 14.8 Å². The quantitative estimate of drug-likeness (QED) is 0.764. The van der Waals surface area contributed by atoms with Crippen molar-refractivity contribution in [2.75, 3.05) is 25.5 Å². The number of aryl methyl sites for hydroxylation is 2. The van der Waals surface area contributed by atoms with Crippen LogP contribution >= 0.6 is 0 Å². The molecule has 0 saturated carbocycles. The molecule has 2 aromatic rings. The third-order valence-electron chi connectivity index (χ3n) is 5.41. The van der Waals surface area contributed by atoms with E-state index in [9.17, 15) is 18.0 Å². The first-order valence-corrected chi connectivity index (χ1v) is 11.4. The van der Waals surface area contributed by atoms with Gasteiger partial charge in [0, 0.05) is 37.3 Å². The SMILES string of the molecule is CNC(=O)c1ccc(NC(=O)C2CCN(S(=O)(=O)c3ccc(C)cc3C)CC2)cc1. The van der Waals surface area contributed by atoms with Crippen LogP contribution in [0.15, 0.2) is 47.4 Å². The Morgan fingerprint density at radius 1 is 1.00 bits per heavy atom. The van der Waals surface area contributed by atoms with Crippen molar-refractivity contribution < 1.29 is 18.0 Å². The summed E-state index contributed by atoms with van der Waals surface area (Å²) in [6.45, 7) is 4.35. The van der Waals surface area contributed by atoms with Crippen LogP contribution in [0.25, 0.3) is 0 Å². The fourth-order valence-electron chi connectivity index (χ4n) is 3.68. The monoisotopic (exact) mass is 429 g/mol. The maximum atomic E-state index is 13.0. The maximum absolute atomic E-state index is 13.0. The lowest BCUT2D eigenvalue weighted by Crippen LogP contribution is -2.41. The van der Waals surface area contributed by atoms with Crippen molar-refractivity contribution in [3.05, 3.63) is 59.2 Å². The molecule has 30 heavy (non-hydrogen) atoms. The molecular weight excluding hydrogens is 402 g/mol. The topological polar surface area (TPSA) is 95.6 Å². The van der Waals surface area contributed by atoms with Gasteiger partial charge in [-0.25, -0.2) is 8.42 Å². The summed E-state index contributed by atoms with van der Waals surface area (Å²) in [4.78, 5) is 24.5. The average molecular weight is 430 g/mol. The fraction of sp³-hybridized carbons (Fsp3) is 0.364. The van der Waals surface area contributed by atoms with Crippen LogP contribution in [0.5, 0.6) is 0 Å². The molecule has 1 heterocycles. The Morgan fingerprint density at radius 2 is 1.63 bits per heavy atom.